The number of rotatable bonds is 4. The van der Waals surface area contributed by atoms with Crippen LogP contribution in [-0.4, -0.2) is 24.9 Å². The van der Waals surface area contributed by atoms with Gasteiger partial charge >= 0.3 is 0 Å². The van der Waals surface area contributed by atoms with Gasteiger partial charge in [0.1, 0.15) is 11.5 Å². The predicted molar refractivity (Wildman–Crippen MR) is 78.1 cm³/mol. The van der Waals surface area contributed by atoms with Crippen LogP contribution in [0, 0.1) is 11.6 Å². The summed E-state index contributed by atoms with van der Waals surface area (Å²) >= 11 is 0. The number of carbonyl (C=O) groups is 1. The summed E-state index contributed by atoms with van der Waals surface area (Å²) in [4.78, 5) is 24.4. The van der Waals surface area contributed by atoms with Crippen molar-refractivity contribution in [3.05, 3.63) is 39.7 Å². The lowest BCUT2D eigenvalue weighted by Crippen LogP contribution is -2.19. The van der Waals surface area contributed by atoms with Gasteiger partial charge in [-0.1, -0.05) is 6.92 Å². The molecule has 1 heterocycles. The highest BCUT2D eigenvalue weighted by molar-refractivity contribution is 5.89. The number of halogens is 2. The van der Waals surface area contributed by atoms with Crippen molar-refractivity contribution < 1.29 is 13.6 Å². The molecule has 0 unspecified atom stereocenters. The van der Waals surface area contributed by atoms with Gasteiger partial charge in [-0.2, -0.15) is 0 Å². The molecule has 0 amide bonds. The quantitative estimate of drug-likeness (QED) is 0.814. The summed E-state index contributed by atoms with van der Waals surface area (Å²) in [5.74, 6) is -1.62. The van der Waals surface area contributed by atoms with E-state index in [-0.39, 0.29) is 22.2 Å². The standard InChI is InChI=1S/C15H16F2N2O2/c1-4-5-19-7-9(8-20)15(21)10-6-11(16)14(18(2)3)12(17)13(10)19/h6-8H,4-5H2,1-3H3. The highest BCUT2D eigenvalue weighted by atomic mass is 19.1. The van der Waals surface area contributed by atoms with E-state index in [4.69, 9.17) is 0 Å². The van der Waals surface area contributed by atoms with Crippen LogP contribution < -0.4 is 10.3 Å². The van der Waals surface area contributed by atoms with E-state index in [9.17, 15) is 18.4 Å². The number of hydrogen-bond donors (Lipinski definition) is 0. The second-order valence-corrected chi connectivity index (χ2v) is 5.04. The first-order chi connectivity index (χ1) is 9.92. The molecule has 0 saturated heterocycles. The van der Waals surface area contributed by atoms with Gasteiger partial charge in [0, 0.05) is 26.8 Å². The van der Waals surface area contributed by atoms with Crippen molar-refractivity contribution in [3.63, 3.8) is 0 Å². The summed E-state index contributed by atoms with van der Waals surface area (Å²) in [6, 6.07) is 0.995. The summed E-state index contributed by atoms with van der Waals surface area (Å²) in [5.41, 5.74) is -0.939. The SMILES string of the molecule is CCCn1cc(C=O)c(=O)c2cc(F)c(N(C)C)c(F)c21. The Bertz CT molecular complexity index is 767. The number of nitrogens with zero attached hydrogens (tertiary/aromatic N) is 2. The summed E-state index contributed by atoms with van der Waals surface area (Å²) in [5, 5.41) is -0.117. The molecular weight excluding hydrogens is 278 g/mol. The molecule has 0 saturated carbocycles. The molecule has 2 aromatic rings. The van der Waals surface area contributed by atoms with E-state index in [2.05, 4.69) is 0 Å². The number of aromatic nitrogens is 1. The second kappa shape index (κ2) is 5.63. The van der Waals surface area contributed by atoms with E-state index in [1.807, 2.05) is 6.92 Å². The molecule has 112 valence electrons. The minimum absolute atomic E-state index is 0.0255. The Balaban J connectivity index is 3.01. The molecule has 21 heavy (non-hydrogen) atoms. The summed E-state index contributed by atoms with van der Waals surface area (Å²) in [6.07, 6.45) is 2.41. The molecule has 0 N–H and O–H groups in total. The monoisotopic (exact) mass is 294 g/mol. The van der Waals surface area contributed by atoms with Gasteiger partial charge in [0.05, 0.1) is 16.5 Å². The second-order valence-electron chi connectivity index (χ2n) is 5.04. The van der Waals surface area contributed by atoms with E-state index in [1.54, 1.807) is 0 Å². The van der Waals surface area contributed by atoms with Crippen LogP contribution in [0.3, 0.4) is 0 Å². The van der Waals surface area contributed by atoms with Gasteiger partial charge in [-0.25, -0.2) is 8.78 Å². The molecule has 2 rings (SSSR count). The molecule has 0 aliphatic carbocycles. The third kappa shape index (κ3) is 2.41. The van der Waals surface area contributed by atoms with Crippen LogP contribution in [0.4, 0.5) is 14.5 Å². The number of fused-ring (bicyclic) bond motifs is 1. The zero-order valence-electron chi connectivity index (χ0n) is 12.1. The Hall–Kier alpha value is -2.24. The average molecular weight is 294 g/mol. The van der Waals surface area contributed by atoms with Crippen molar-refractivity contribution in [1.82, 2.24) is 4.57 Å². The number of carbonyl (C=O) groups excluding carboxylic acids is 1. The molecule has 6 heteroatoms. The van der Waals surface area contributed by atoms with Gasteiger partial charge in [-0.3, -0.25) is 9.59 Å². The van der Waals surface area contributed by atoms with Crippen LogP contribution in [0.1, 0.15) is 23.7 Å². The maximum absolute atomic E-state index is 14.7. The number of pyridine rings is 1. The number of aldehydes is 1. The van der Waals surface area contributed by atoms with E-state index < -0.39 is 17.1 Å². The first kappa shape index (κ1) is 15.2. The van der Waals surface area contributed by atoms with E-state index in [0.29, 0.717) is 19.3 Å². The smallest absolute Gasteiger partial charge is 0.200 e. The van der Waals surface area contributed by atoms with Gasteiger partial charge in [-0.15, -0.1) is 0 Å². The molecule has 1 aromatic heterocycles. The number of benzene rings is 1. The third-order valence-electron chi connectivity index (χ3n) is 3.30. The fraction of sp³-hybridized carbons (Fsp3) is 0.333. The van der Waals surface area contributed by atoms with Crippen LogP contribution in [-0.2, 0) is 6.54 Å². The number of anilines is 1. The van der Waals surface area contributed by atoms with E-state index >= 15 is 0 Å². The van der Waals surface area contributed by atoms with Gasteiger partial charge in [0.25, 0.3) is 0 Å². The number of hydrogen-bond acceptors (Lipinski definition) is 3. The van der Waals surface area contributed by atoms with Crippen LogP contribution in [0.25, 0.3) is 10.9 Å². The van der Waals surface area contributed by atoms with Crippen LogP contribution >= 0.6 is 0 Å². The summed E-state index contributed by atoms with van der Waals surface area (Å²) < 4.78 is 30.2. The molecule has 0 radical (unpaired) electrons. The first-order valence-corrected chi connectivity index (χ1v) is 6.60. The first-order valence-electron chi connectivity index (χ1n) is 6.60. The average Bonchev–Trinajstić information content (AvgIpc) is 2.41. The Labute approximate surface area is 120 Å². The predicted octanol–water partition coefficient (Wildman–Crippen LogP) is 2.57. The summed E-state index contributed by atoms with van der Waals surface area (Å²) in [7, 11) is 3.05. The lowest BCUT2D eigenvalue weighted by molar-refractivity contribution is 0.112. The molecular formula is C15H16F2N2O2. The van der Waals surface area contributed by atoms with Crippen molar-refractivity contribution in [2.75, 3.05) is 19.0 Å². The Kier molecular flexibility index (Phi) is 4.06. The summed E-state index contributed by atoms with van der Waals surface area (Å²) in [6.45, 7) is 2.31. The highest BCUT2D eigenvalue weighted by Crippen LogP contribution is 2.28. The molecule has 0 atom stereocenters. The van der Waals surface area contributed by atoms with Crippen LogP contribution in [0.5, 0.6) is 0 Å². The normalized spacial score (nSPS) is 10.9. The number of aryl methyl sites for hydroxylation is 1. The Morgan fingerprint density at radius 1 is 1.33 bits per heavy atom. The topological polar surface area (TPSA) is 42.3 Å². The molecule has 4 nitrogen and oxygen atoms in total. The lowest BCUT2D eigenvalue weighted by atomic mass is 10.1. The van der Waals surface area contributed by atoms with Gasteiger partial charge in [0.2, 0.25) is 0 Å². The minimum Gasteiger partial charge on any atom is -0.373 e. The van der Waals surface area contributed by atoms with E-state index in [0.717, 1.165) is 6.07 Å². The molecule has 0 aliphatic heterocycles. The molecule has 0 spiro atoms. The van der Waals surface area contributed by atoms with Crippen LogP contribution in [0.2, 0.25) is 0 Å². The van der Waals surface area contributed by atoms with Crippen molar-refractivity contribution >= 4 is 22.9 Å². The maximum Gasteiger partial charge on any atom is 0.200 e. The van der Waals surface area contributed by atoms with Crippen molar-refractivity contribution in [1.29, 1.82) is 0 Å². The third-order valence-corrected chi connectivity index (χ3v) is 3.30. The van der Waals surface area contributed by atoms with Gasteiger partial charge < -0.3 is 9.47 Å². The van der Waals surface area contributed by atoms with Crippen LogP contribution in [0.15, 0.2) is 17.1 Å². The van der Waals surface area contributed by atoms with E-state index in [1.165, 1.54) is 29.8 Å². The largest absolute Gasteiger partial charge is 0.373 e. The van der Waals surface area contributed by atoms with Gasteiger partial charge in [-0.05, 0) is 12.5 Å². The molecule has 0 aliphatic rings. The Morgan fingerprint density at radius 2 is 2.00 bits per heavy atom. The minimum atomic E-state index is -0.826. The zero-order valence-corrected chi connectivity index (χ0v) is 12.1. The highest BCUT2D eigenvalue weighted by Gasteiger charge is 2.20. The Morgan fingerprint density at radius 3 is 2.52 bits per heavy atom. The molecule has 0 fully saturated rings. The fourth-order valence-electron chi connectivity index (χ4n) is 2.41. The molecule has 1 aromatic carbocycles. The molecule has 0 bridgehead atoms. The van der Waals surface area contributed by atoms with Crippen molar-refractivity contribution in [2.45, 2.75) is 19.9 Å². The van der Waals surface area contributed by atoms with Gasteiger partial charge in [0.15, 0.2) is 17.5 Å². The fourth-order valence-corrected chi connectivity index (χ4v) is 2.41. The zero-order chi connectivity index (χ0) is 15.7. The lowest BCUT2D eigenvalue weighted by Gasteiger charge is -2.18. The maximum atomic E-state index is 14.7. The van der Waals surface area contributed by atoms with Crippen molar-refractivity contribution in [3.8, 4) is 0 Å². The van der Waals surface area contributed by atoms with Crippen molar-refractivity contribution in [2.24, 2.45) is 0 Å².